The van der Waals surface area contributed by atoms with Gasteiger partial charge in [-0.3, -0.25) is 4.72 Å². The normalized spacial score (nSPS) is 17.3. The van der Waals surface area contributed by atoms with E-state index in [1.807, 2.05) is 6.08 Å². The van der Waals surface area contributed by atoms with Crippen molar-refractivity contribution in [3.05, 3.63) is 42.0 Å². The maximum atomic E-state index is 11.3. The summed E-state index contributed by atoms with van der Waals surface area (Å²) in [5.41, 5.74) is 1.24. The number of rotatable bonds is 11. The Morgan fingerprint density at radius 3 is 2.63 bits per heavy atom. The van der Waals surface area contributed by atoms with Crippen LogP contribution in [0.15, 0.2) is 41.3 Å². The summed E-state index contributed by atoms with van der Waals surface area (Å²) >= 11 is 1.61. The summed E-state index contributed by atoms with van der Waals surface area (Å²) in [6, 6.07) is 8.62. The minimum atomic E-state index is -0.449. The number of ether oxygens (including phenoxy) is 3. The first kappa shape index (κ1) is 22.0. The molecule has 0 aromatic heterocycles. The second-order valence-electron chi connectivity index (χ2n) is 6.79. The van der Waals surface area contributed by atoms with Crippen molar-refractivity contribution in [1.29, 1.82) is 0 Å². The molecular weight excluding hydrogens is 362 g/mol. The van der Waals surface area contributed by atoms with Crippen LogP contribution in [-0.2, 0) is 19.0 Å². The monoisotopic (exact) mass is 393 g/mol. The standard InChI is InChI=1S/C21H31NO4S/c1-4-13-21(25-15-16-26-21)14-12-18(6-5-7-20(23)24-3)22-27-19-10-8-17(2)9-11-19/h5,7-11,18,22H,4,6,12-16H2,1-3H3/b7-5+/t18-/m1/s1. The Labute approximate surface area is 167 Å². The molecule has 1 aliphatic rings. The molecule has 0 amide bonds. The van der Waals surface area contributed by atoms with E-state index in [0.29, 0.717) is 13.2 Å². The van der Waals surface area contributed by atoms with Gasteiger partial charge in [0.25, 0.3) is 0 Å². The summed E-state index contributed by atoms with van der Waals surface area (Å²) in [5.74, 6) is -0.778. The van der Waals surface area contributed by atoms with E-state index < -0.39 is 5.79 Å². The van der Waals surface area contributed by atoms with Gasteiger partial charge in [0.15, 0.2) is 5.79 Å². The molecular formula is C21H31NO4S. The van der Waals surface area contributed by atoms with Crippen LogP contribution in [0, 0.1) is 6.92 Å². The molecule has 1 heterocycles. The van der Waals surface area contributed by atoms with Crippen LogP contribution in [0.3, 0.4) is 0 Å². The Hall–Kier alpha value is -1.34. The predicted octanol–water partition coefficient (Wildman–Crippen LogP) is 4.40. The van der Waals surface area contributed by atoms with Crippen molar-refractivity contribution in [2.75, 3.05) is 20.3 Å². The highest BCUT2D eigenvalue weighted by Gasteiger charge is 2.35. The van der Waals surface area contributed by atoms with E-state index >= 15 is 0 Å². The lowest BCUT2D eigenvalue weighted by Gasteiger charge is -2.29. The maximum absolute atomic E-state index is 11.3. The molecule has 150 valence electrons. The number of aryl methyl sites for hydroxylation is 1. The number of benzene rings is 1. The van der Waals surface area contributed by atoms with Gasteiger partial charge in [-0.15, -0.1) is 0 Å². The molecule has 0 radical (unpaired) electrons. The first-order valence-electron chi connectivity index (χ1n) is 9.58. The average molecular weight is 394 g/mol. The molecule has 6 heteroatoms. The van der Waals surface area contributed by atoms with Gasteiger partial charge in [-0.25, -0.2) is 4.79 Å². The summed E-state index contributed by atoms with van der Waals surface area (Å²) in [5, 5.41) is 0. The Morgan fingerprint density at radius 2 is 2.00 bits per heavy atom. The molecule has 0 spiro atoms. The number of hydrogen-bond donors (Lipinski definition) is 1. The van der Waals surface area contributed by atoms with E-state index in [1.165, 1.54) is 23.6 Å². The number of methoxy groups -OCH3 is 1. The number of esters is 1. The summed E-state index contributed by atoms with van der Waals surface area (Å²) in [4.78, 5) is 12.5. The van der Waals surface area contributed by atoms with Crippen molar-refractivity contribution in [3.8, 4) is 0 Å². The van der Waals surface area contributed by atoms with Crippen LogP contribution in [-0.4, -0.2) is 38.1 Å². The van der Waals surface area contributed by atoms with Crippen molar-refractivity contribution >= 4 is 17.9 Å². The summed E-state index contributed by atoms with van der Waals surface area (Å²) in [6.07, 6.45) is 7.73. The van der Waals surface area contributed by atoms with Gasteiger partial charge in [0.05, 0.1) is 20.3 Å². The van der Waals surface area contributed by atoms with E-state index in [2.05, 4.69) is 47.6 Å². The van der Waals surface area contributed by atoms with Crippen molar-refractivity contribution in [2.24, 2.45) is 0 Å². The van der Waals surface area contributed by atoms with Crippen LogP contribution in [0.2, 0.25) is 0 Å². The van der Waals surface area contributed by atoms with Gasteiger partial charge in [-0.2, -0.15) is 0 Å². The van der Waals surface area contributed by atoms with Crippen molar-refractivity contribution in [2.45, 2.75) is 62.7 Å². The van der Waals surface area contributed by atoms with Crippen molar-refractivity contribution in [3.63, 3.8) is 0 Å². The molecule has 1 fully saturated rings. The van der Waals surface area contributed by atoms with Crippen LogP contribution in [0.1, 0.15) is 44.6 Å². The molecule has 1 atom stereocenters. The largest absolute Gasteiger partial charge is 0.466 e. The Morgan fingerprint density at radius 1 is 1.30 bits per heavy atom. The predicted molar refractivity (Wildman–Crippen MR) is 109 cm³/mol. The highest BCUT2D eigenvalue weighted by molar-refractivity contribution is 7.97. The number of hydrogen-bond acceptors (Lipinski definition) is 6. The second kappa shape index (κ2) is 11.5. The van der Waals surface area contributed by atoms with E-state index in [-0.39, 0.29) is 12.0 Å². The lowest BCUT2D eigenvalue weighted by atomic mass is 10.00. The zero-order chi connectivity index (χ0) is 19.5. The van der Waals surface area contributed by atoms with E-state index in [0.717, 1.165) is 32.1 Å². The van der Waals surface area contributed by atoms with Gasteiger partial charge in [0, 0.05) is 29.9 Å². The Balaban J connectivity index is 1.94. The van der Waals surface area contributed by atoms with Gasteiger partial charge in [0.2, 0.25) is 0 Å². The first-order chi connectivity index (χ1) is 13.1. The smallest absolute Gasteiger partial charge is 0.330 e. The third kappa shape index (κ3) is 7.66. The fraction of sp³-hybridized carbons (Fsp3) is 0.571. The van der Waals surface area contributed by atoms with Crippen molar-refractivity contribution in [1.82, 2.24) is 4.72 Å². The summed E-state index contributed by atoms with van der Waals surface area (Å²) in [6.45, 7) is 5.56. The lowest BCUT2D eigenvalue weighted by Crippen LogP contribution is -2.33. The van der Waals surface area contributed by atoms with Crippen LogP contribution in [0.4, 0.5) is 0 Å². The average Bonchev–Trinajstić information content (AvgIpc) is 3.13. The molecule has 0 aliphatic carbocycles. The molecule has 1 aliphatic heterocycles. The van der Waals surface area contributed by atoms with Gasteiger partial charge < -0.3 is 14.2 Å². The lowest BCUT2D eigenvalue weighted by molar-refractivity contribution is -0.168. The zero-order valence-electron chi connectivity index (χ0n) is 16.5. The molecule has 1 aromatic carbocycles. The second-order valence-corrected chi connectivity index (χ2v) is 7.70. The minimum Gasteiger partial charge on any atom is -0.466 e. The molecule has 1 aromatic rings. The fourth-order valence-corrected chi connectivity index (χ4v) is 3.85. The van der Waals surface area contributed by atoms with Crippen molar-refractivity contribution < 1.29 is 19.0 Å². The van der Waals surface area contributed by atoms with E-state index in [4.69, 9.17) is 9.47 Å². The fourth-order valence-electron chi connectivity index (χ4n) is 3.06. The van der Waals surface area contributed by atoms with Gasteiger partial charge in [0.1, 0.15) is 0 Å². The topological polar surface area (TPSA) is 56.8 Å². The third-order valence-corrected chi connectivity index (χ3v) is 5.52. The highest BCUT2D eigenvalue weighted by Crippen LogP contribution is 2.31. The maximum Gasteiger partial charge on any atom is 0.330 e. The molecule has 1 N–H and O–H groups in total. The number of nitrogens with one attached hydrogen (secondary N) is 1. The third-order valence-electron chi connectivity index (χ3n) is 4.56. The minimum absolute atomic E-state index is 0.193. The molecule has 27 heavy (non-hydrogen) atoms. The van der Waals surface area contributed by atoms with E-state index in [9.17, 15) is 4.79 Å². The van der Waals surface area contributed by atoms with Crippen LogP contribution in [0.25, 0.3) is 0 Å². The first-order valence-corrected chi connectivity index (χ1v) is 10.4. The zero-order valence-corrected chi connectivity index (χ0v) is 17.3. The summed E-state index contributed by atoms with van der Waals surface area (Å²) < 4.78 is 20.0. The van der Waals surface area contributed by atoms with E-state index in [1.54, 1.807) is 11.9 Å². The quantitative estimate of drug-likeness (QED) is 0.342. The SMILES string of the molecule is CCCC1(CC[C@@H](C/C=C/C(=O)OC)NSc2ccc(C)cc2)OCCO1. The molecule has 2 rings (SSSR count). The van der Waals surface area contributed by atoms with Crippen LogP contribution < -0.4 is 4.72 Å². The van der Waals surface area contributed by atoms with Crippen LogP contribution in [0.5, 0.6) is 0 Å². The van der Waals surface area contributed by atoms with Gasteiger partial charge in [-0.05, 0) is 43.8 Å². The van der Waals surface area contributed by atoms with Crippen LogP contribution >= 0.6 is 11.9 Å². The molecule has 5 nitrogen and oxygen atoms in total. The van der Waals surface area contributed by atoms with Gasteiger partial charge >= 0.3 is 5.97 Å². The Bertz CT molecular complexity index is 597. The number of carbonyl (C=O) groups is 1. The molecule has 0 unspecified atom stereocenters. The summed E-state index contributed by atoms with van der Waals surface area (Å²) in [7, 11) is 1.39. The molecule has 0 saturated carbocycles. The number of carbonyl (C=O) groups excluding carboxylic acids is 1. The van der Waals surface area contributed by atoms with Gasteiger partial charge in [-0.1, -0.05) is 37.1 Å². The Kier molecular flexibility index (Phi) is 9.34. The highest BCUT2D eigenvalue weighted by atomic mass is 32.2. The molecule has 1 saturated heterocycles. The molecule has 0 bridgehead atoms.